The molecule has 2 amide bonds. The first-order valence-electron chi connectivity index (χ1n) is 7.40. The number of ether oxygens (including phenoxy) is 1. The molecule has 0 fully saturated rings. The lowest BCUT2D eigenvalue weighted by Crippen LogP contribution is -2.36. The van der Waals surface area contributed by atoms with Gasteiger partial charge in [-0.1, -0.05) is 17.7 Å². The van der Waals surface area contributed by atoms with Gasteiger partial charge in [-0.3, -0.25) is 0 Å². The van der Waals surface area contributed by atoms with Crippen LogP contribution >= 0.6 is 11.6 Å². The van der Waals surface area contributed by atoms with Crippen molar-refractivity contribution in [2.45, 2.75) is 32.4 Å². The lowest BCUT2D eigenvalue weighted by atomic mass is 10.1. The summed E-state index contributed by atoms with van der Waals surface area (Å²) in [7, 11) is 1.51. The highest BCUT2D eigenvalue weighted by atomic mass is 35.5. The number of aryl methyl sites for hydroxylation is 2. The zero-order chi connectivity index (χ0) is 16.4. The van der Waals surface area contributed by atoms with Gasteiger partial charge in [0.05, 0.1) is 23.9 Å². The molecule has 7 nitrogen and oxygen atoms in total. The third-order valence-electron chi connectivity index (χ3n) is 3.71. The first-order valence-corrected chi connectivity index (χ1v) is 7.77. The van der Waals surface area contributed by atoms with E-state index in [0.717, 1.165) is 25.2 Å². The van der Waals surface area contributed by atoms with Crippen LogP contribution in [0.1, 0.15) is 30.5 Å². The lowest BCUT2D eigenvalue weighted by molar-refractivity contribution is 0.244. The van der Waals surface area contributed by atoms with Crippen molar-refractivity contribution in [3.63, 3.8) is 0 Å². The third-order valence-corrected chi connectivity index (χ3v) is 4.00. The number of urea groups is 1. The van der Waals surface area contributed by atoms with Gasteiger partial charge in [-0.25, -0.2) is 14.5 Å². The smallest absolute Gasteiger partial charge is 0.319 e. The Balaban J connectivity index is 1.73. The molecule has 1 aliphatic rings. The quantitative estimate of drug-likeness (QED) is 0.903. The molecule has 2 heterocycles. The van der Waals surface area contributed by atoms with Crippen LogP contribution in [-0.2, 0) is 6.54 Å². The minimum atomic E-state index is -0.329. The number of nitrogens with zero attached hydrogens (tertiary/aromatic N) is 3. The fraction of sp³-hybridized carbons (Fsp3) is 0.400. The summed E-state index contributed by atoms with van der Waals surface area (Å²) in [5.74, 6) is 1.94. The number of hydrogen-bond donors (Lipinski definition) is 2. The van der Waals surface area contributed by atoms with Gasteiger partial charge in [-0.05, 0) is 31.9 Å². The minimum Gasteiger partial charge on any atom is -0.493 e. The van der Waals surface area contributed by atoms with Crippen LogP contribution in [0.15, 0.2) is 18.2 Å². The maximum atomic E-state index is 12.3. The first kappa shape index (κ1) is 15.6. The second-order valence-electron chi connectivity index (χ2n) is 5.35. The van der Waals surface area contributed by atoms with E-state index in [1.165, 1.54) is 7.11 Å². The van der Waals surface area contributed by atoms with Crippen LogP contribution < -0.4 is 15.4 Å². The molecule has 0 saturated heterocycles. The Bertz CT molecular complexity index is 731. The summed E-state index contributed by atoms with van der Waals surface area (Å²) < 4.78 is 7.08. The molecule has 3 rings (SSSR count). The third kappa shape index (κ3) is 3.24. The van der Waals surface area contributed by atoms with E-state index in [-0.39, 0.29) is 12.1 Å². The second-order valence-corrected chi connectivity index (χ2v) is 5.76. The number of carbonyl (C=O) groups is 1. The summed E-state index contributed by atoms with van der Waals surface area (Å²) >= 11 is 6.06. The number of rotatable bonds is 3. The number of carbonyl (C=O) groups excluding carboxylic acids is 1. The van der Waals surface area contributed by atoms with Crippen molar-refractivity contribution in [2.24, 2.45) is 0 Å². The summed E-state index contributed by atoms with van der Waals surface area (Å²) in [6.07, 6.45) is 1.78. The van der Waals surface area contributed by atoms with Crippen molar-refractivity contribution in [3.05, 3.63) is 34.9 Å². The fourth-order valence-corrected chi connectivity index (χ4v) is 2.99. The Morgan fingerprint density at radius 2 is 2.30 bits per heavy atom. The number of aromatic nitrogens is 3. The molecule has 2 aromatic rings. The first-order chi connectivity index (χ1) is 11.1. The number of anilines is 1. The molecule has 1 aromatic carbocycles. The molecule has 0 unspecified atom stereocenters. The van der Waals surface area contributed by atoms with Crippen molar-refractivity contribution in [1.82, 2.24) is 20.1 Å². The van der Waals surface area contributed by atoms with Crippen LogP contribution in [0.5, 0.6) is 5.75 Å². The van der Waals surface area contributed by atoms with E-state index in [2.05, 4.69) is 20.7 Å². The summed E-state index contributed by atoms with van der Waals surface area (Å²) in [5, 5.41) is 10.5. The van der Waals surface area contributed by atoms with Gasteiger partial charge >= 0.3 is 6.03 Å². The Hall–Kier alpha value is -2.28. The van der Waals surface area contributed by atoms with Gasteiger partial charge < -0.3 is 15.4 Å². The maximum absolute atomic E-state index is 12.3. The molecule has 0 radical (unpaired) electrons. The number of fused-ring (bicyclic) bond motifs is 1. The van der Waals surface area contributed by atoms with Gasteiger partial charge in [0.1, 0.15) is 11.6 Å². The molecule has 1 aliphatic heterocycles. The van der Waals surface area contributed by atoms with Crippen LogP contribution in [-0.4, -0.2) is 27.9 Å². The molecule has 0 bridgehead atoms. The fourth-order valence-electron chi connectivity index (χ4n) is 2.74. The van der Waals surface area contributed by atoms with Gasteiger partial charge in [0.2, 0.25) is 0 Å². The van der Waals surface area contributed by atoms with Crippen molar-refractivity contribution in [3.8, 4) is 5.75 Å². The number of benzene rings is 1. The Kier molecular flexibility index (Phi) is 4.38. The van der Waals surface area contributed by atoms with E-state index in [1.54, 1.807) is 18.2 Å². The van der Waals surface area contributed by atoms with Crippen molar-refractivity contribution >= 4 is 23.3 Å². The van der Waals surface area contributed by atoms with Gasteiger partial charge in [0, 0.05) is 6.54 Å². The molecular weight excluding hydrogens is 318 g/mol. The number of halogens is 1. The molecule has 23 heavy (non-hydrogen) atoms. The lowest BCUT2D eigenvalue weighted by Gasteiger charge is -2.23. The highest BCUT2D eigenvalue weighted by Gasteiger charge is 2.25. The summed E-state index contributed by atoms with van der Waals surface area (Å²) in [5.41, 5.74) is 0.519. The summed E-state index contributed by atoms with van der Waals surface area (Å²) in [6, 6.07) is 4.70. The molecule has 8 heteroatoms. The normalized spacial score (nSPS) is 16.6. The predicted octanol–water partition coefficient (Wildman–Crippen LogP) is 2.91. The number of para-hydroxylation sites is 1. The zero-order valence-corrected chi connectivity index (χ0v) is 13.7. The molecule has 0 saturated carbocycles. The average Bonchev–Trinajstić information content (AvgIpc) is 2.89. The number of methoxy groups -OCH3 is 1. The van der Waals surface area contributed by atoms with E-state index >= 15 is 0 Å². The van der Waals surface area contributed by atoms with E-state index in [0.29, 0.717) is 22.3 Å². The van der Waals surface area contributed by atoms with Gasteiger partial charge in [-0.15, -0.1) is 0 Å². The van der Waals surface area contributed by atoms with Gasteiger partial charge in [0.25, 0.3) is 0 Å². The van der Waals surface area contributed by atoms with Crippen molar-refractivity contribution in [2.75, 3.05) is 12.4 Å². The SMILES string of the molecule is COc1c(Cl)cccc1NC(=O)N[C@H]1CCCn2nc(C)nc21. The molecule has 1 atom stereocenters. The van der Waals surface area contributed by atoms with Crippen LogP contribution in [0, 0.1) is 6.92 Å². The minimum absolute atomic E-state index is 0.157. The van der Waals surface area contributed by atoms with E-state index in [1.807, 2.05) is 11.6 Å². The average molecular weight is 336 g/mol. The number of amides is 2. The molecule has 122 valence electrons. The second kappa shape index (κ2) is 6.45. The monoisotopic (exact) mass is 335 g/mol. The van der Waals surface area contributed by atoms with Gasteiger partial charge in [0.15, 0.2) is 5.75 Å². The Morgan fingerprint density at radius 3 is 3.09 bits per heavy atom. The van der Waals surface area contributed by atoms with Crippen LogP contribution in [0.25, 0.3) is 0 Å². The van der Waals surface area contributed by atoms with E-state index in [4.69, 9.17) is 16.3 Å². The van der Waals surface area contributed by atoms with Crippen LogP contribution in [0.2, 0.25) is 5.02 Å². The maximum Gasteiger partial charge on any atom is 0.319 e. The number of hydrogen-bond acceptors (Lipinski definition) is 4. The summed E-state index contributed by atoms with van der Waals surface area (Å²) in [4.78, 5) is 16.7. The van der Waals surface area contributed by atoms with Gasteiger partial charge in [-0.2, -0.15) is 5.10 Å². The summed E-state index contributed by atoms with van der Waals surface area (Å²) in [6.45, 7) is 2.68. The molecular formula is C15H18ClN5O2. The molecule has 2 N–H and O–H groups in total. The zero-order valence-electron chi connectivity index (χ0n) is 13.0. The van der Waals surface area contributed by atoms with Crippen LogP contribution in [0.4, 0.5) is 10.5 Å². The Morgan fingerprint density at radius 1 is 1.48 bits per heavy atom. The highest BCUT2D eigenvalue weighted by molar-refractivity contribution is 6.32. The molecule has 1 aromatic heterocycles. The van der Waals surface area contributed by atoms with E-state index < -0.39 is 0 Å². The molecule has 0 aliphatic carbocycles. The van der Waals surface area contributed by atoms with E-state index in [9.17, 15) is 4.79 Å². The number of nitrogens with one attached hydrogen (secondary N) is 2. The standard InChI is InChI=1S/C15H18ClN5O2/c1-9-17-14-12(7-4-8-21(14)20-9)19-15(22)18-11-6-3-5-10(16)13(11)23-2/h3,5-6,12H,4,7-8H2,1-2H3,(H2,18,19,22)/t12-/m0/s1. The predicted molar refractivity (Wildman–Crippen MR) is 86.9 cm³/mol. The van der Waals surface area contributed by atoms with Crippen molar-refractivity contribution in [1.29, 1.82) is 0 Å². The Labute approximate surface area is 139 Å². The topological polar surface area (TPSA) is 81.1 Å². The largest absolute Gasteiger partial charge is 0.493 e. The van der Waals surface area contributed by atoms with Crippen molar-refractivity contribution < 1.29 is 9.53 Å². The molecule has 0 spiro atoms. The highest BCUT2D eigenvalue weighted by Crippen LogP contribution is 2.32. The van der Waals surface area contributed by atoms with Crippen LogP contribution in [0.3, 0.4) is 0 Å².